The number of aliphatic hydroxyl groups is 1. The van der Waals surface area contributed by atoms with Crippen molar-refractivity contribution in [2.75, 3.05) is 6.73 Å². The van der Waals surface area contributed by atoms with E-state index in [1.54, 1.807) is 18.5 Å². The van der Waals surface area contributed by atoms with Crippen LogP contribution in [0.3, 0.4) is 0 Å². The van der Waals surface area contributed by atoms with Gasteiger partial charge < -0.3 is 5.11 Å². The van der Waals surface area contributed by atoms with Crippen molar-refractivity contribution in [1.29, 1.82) is 0 Å². The predicted molar refractivity (Wildman–Crippen MR) is 58.0 cm³/mol. The summed E-state index contributed by atoms with van der Waals surface area (Å²) in [6.07, 6.45) is 10.6. The van der Waals surface area contributed by atoms with E-state index in [-0.39, 0.29) is 6.73 Å². The highest BCUT2D eigenvalue weighted by atomic mass is 16.3. The van der Waals surface area contributed by atoms with Crippen LogP contribution in [-0.4, -0.2) is 23.0 Å². The maximum atomic E-state index is 8.34. The number of rotatable bonds is 4. The molecule has 0 saturated heterocycles. The van der Waals surface area contributed by atoms with Gasteiger partial charge in [0.2, 0.25) is 0 Å². The molecule has 0 aromatic carbocycles. The number of allylic oxidation sites excluding steroid dienone is 3. The van der Waals surface area contributed by atoms with Gasteiger partial charge in [0.05, 0.1) is 5.69 Å². The predicted octanol–water partition coefficient (Wildman–Crippen LogP) is 1.67. The van der Waals surface area contributed by atoms with E-state index in [0.717, 1.165) is 5.69 Å². The minimum Gasteiger partial charge on any atom is -0.375 e. The number of pyridine rings is 1. The van der Waals surface area contributed by atoms with Crippen molar-refractivity contribution in [1.82, 2.24) is 4.98 Å². The lowest BCUT2D eigenvalue weighted by atomic mass is 10.3. The average molecular weight is 188 g/mol. The molecule has 0 fully saturated rings. The van der Waals surface area contributed by atoms with Crippen LogP contribution >= 0.6 is 0 Å². The van der Waals surface area contributed by atoms with Crippen molar-refractivity contribution in [3.63, 3.8) is 0 Å². The van der Waals surface area contributed by atoms with E-state index < -0.39 is 0 Å². The van der Waals surface area contributed by atoms with Crippen LogP contribution in [0.1, 0.15) is 5.69 Å². The van der Waals surface area contributed by atoms with Crippen molar-refractivity contribution >= 4 is 12.3 Å². The summed E-state index contributed by atoms with van der Waals surface area (Å²) in [5, 5.41) is 8.34. The first kappa shape index (κ1) is 10.3. The van der Waals surface area contributed by atoms with Crippen molar-refractivity contribution < 1.29 is 5.11 Å². The maximum Gasteiger partial charge on any atom is 0.134 e. The molecule has 0 aliphatic rings. The third-order valence-electron chi connectivity index (χ3n) is 1.45. The van der Waals surface area contributed by atoms with Crippen molar-refractivity contribution in [3.05, 3.63) is 48.3 Å². The second kappa shape index (κ2) is 6.74. The molecule has 72 valence electrons. The minimum atomic E-state index is -0.172. The van der Waals surface area contributed by atoms with E-state index in [1.807, 2.05) is 36.4 Å². The van der Waals surface area contributed by atoms with Gasteiger partial charge in [-0.15, -0.1) is 0 Å². The summed E-state index contributed by atoms with van der Waals surface area (Å²) >= 11 is 0. The maximum absolute atomic E-state index is 8.34. The highest BCUT2D eigenvalue weighted by Gasteiger charge is 1.80. The molecule has 0 unspecified atom stereocenters. The molecule has 1 aromatic heterocycles. The Bertz CT molecular complexity index is 328. The molecule has 3 heteroatoms. The van der Waals surface area contributed by atoms with Gasteiger partial charge in [-0.1, -0.05) is 18.2 Å². The number of aliphatic hydroxyl groups excluding tert-OH is 1. The zero-order valence-corrected chi connectivity index (χ0v) is 7.74. The topological polar surface area (TPSA) is 45.5 Å². The standard InChI is InChI=1S/C11H12N2O/c14-10-12-8-4-1-2-6-11-7-3-5-9-13-11/h1-9,14H,10H2/b4-1-,6-2+,12-8+. The van der Waals surface area contributed by atoms with Crippen LogP contribution in [-0.2, 0) is 0 Å². The lowest BCUT2D eigenvalue weighted by Gasteiger charge is -1.87. The summed E-state index contributed by atoms with van der Waals surface area (Å²) in [6, 6.07) is 5.73. The molecule has 0 amide bonds. The van der Waals surface area contributed by atoms with Gasteiger partial charge in [-0.2, -0.15) is 0 Å². The van der Waals surface area contributed by atoms with Gasteiger partial charge in [0.15, 0.2) is 0 Å². The minimum absolute atomic E-state index is 0.172. The molecule has 1 rings (SSSR count). The van der Waals surface area contributed by atoms with Crippen molar-refractivity contribution in [2.45, 2.75) is 0 Å². The van der Waals surface area contributed by atoms with E-state index >= 15 is 0 Å². The zero-order valence-electron chi connectivity index (χ0n) is 7.74. The Labute approximate surface area is 83.2 Å². The third-order valence-corrected chi connectivity index (χ3v) is 1.45. The second-order valence-corrected chi connectivity index (χ2v) is 2.47. The van der Waals surface area contributed by atoms with Gasteiger partial charge in [-0.25, -0.2) is 0 Å². The number of aromatic nitrogens is 1. The van der Waals surface area contributed by atoms with Crippen LogP contribution in [0.2, 0.25) is 0 Å². The van der Waals surface area contributed by atoms with Crippen LogP contribution in [0, 0.1) is 0 Å². The molecule has 0 spiro atoms. The SMILES string of the molecule is OC/N=C/C=C\C=C\c1ccccn1. The molecule has 0 atom stereocenters. The van der Waals surface area contributed by atoms with Gasteiger partial charge in [0, 0.05) is 12.4 Å². The first-order valence-electron chi connectivity index (χ1n) is 4.28. The number of aliphatic imine (C=N–C) groups is 1. The van der Waals surface area contributed by atoms with Gasteiger partial charge in [-0.05, 0) is 24.3 Å². The summed E-state index contributed by atoms with van der Waals surface area (Å²) in [4.78, 5) is 7.73. The van der Waals surface area contributed by atoms with E-state index in [2.05, 4.69) is 9.98 Å². The van der Waals surface area contributed by atoms with Crippen molar-refractivity contribution in [2.24, 2.45) is 4.99 Å². The first-order chi connectivity index (χ1) is 6.93. The second-order valence-electron chi connectivity index (χ2n) is 2.47. The summed E-state index contributed by atoms with van der Waals surface area (Å²) in [5.74, 6) is 0. The Morgan fingerprint density at radius 1 is 1.29 bits per heavy atom. The Kier molecular flexibility index (Phi) is 4.98. The molecule has 0 aliphatic carbocycles. The van der Waals surface area contributed by atoms with Crippen LogP contribution in [0.5, 0.6) is 0 Å². The molecular formula is C11H12N2O. The molecule has 1 heterocycles. The van der Waals surface area contributed by atoms with E-state index in [0.29, 0.717) is 0 Å². The monoisotopic (exact) mass is 188 g/mol. The highest BCUT2D eigenvalue weighted by molar-refractivity contribution is 5.71. The molecule has 0 radical (unpaired) electrons. The largest absolute Gasteiger partial charge is 0.375 e. The Hall–Kier alpha value is -1.74. The fourth-order valence-electron chi connectivity index (χ4n) is 0.851. The quantitative estimate of drug-likeness (QED) is 0.577. The van der Waals surface area contributed by atoms with Gasteiger partial charge in [0.25, 0.3) is 0 Å². The molecule has 1 aromatic rings. The van der Waals surface area contributed by atoms with Crippen molar-refractivity contribution in [3.8, 4) is 0 Å². The van der Waals surface area contributed by atoms with E-state index in [1.165, 1.54) is 0 Å². The van der Waals surface area contributed by atoms with Crippen LogP contribution in [0.4, 0.5) is 0 Å². The molecule has 1 N–H and O–H groups in total. The summed E-state index contributed by atoms with van der Waals surface area (Å²) in [5.41, 5.74) is 0.913. The lowest BCUT2D eigenvalue weighted by Crippen LogP contribution is -1.75. The third kappa shape index (κ3) is 4.33. The lowest BCUT2D eigenvalue weighted by molar-refractivity contribution is 0.310. The summed E-state index contributed by atoms with van der Waals surface area (Å²) in [6.45, 7) is -0.172. The summed E-state index contributed by atoms with van der Waals surface area (Å²) < 4.78 is 0. The molecule has 14 heavy (non-hydrogen) atoms. The Balaban J connectivity index is 2.42. The molecule has 0 bridgehead atoms. The van der Waals surface area contributed by atoms with Crippen LogP contribution in [0.15, 0.2) is 47.6 Å². The average Bonchev–Trinajstić information content (AvgIpc) is 2.25. The number of hydrogen-bond donors (Lipinski definition) is 1. The first-order valence-corrected chi connectivity index (χ1v) is 4.28. The van der Waals surface area contributed by atoms with Crippen LogP contribution in [0.25, 0.3) is 6.08 Å². The molecule has 3 nitrogen and oxygen atoms in total. The molecule has 0 aliphatic heterocycles. The normalized spacial score (nSPS) is 12.1. The van der Waals surface area contributed by atoms with Gasteiger partial charge in [-0.3, -0.25) is 9.98 Å². The molecule has 0 saturated carbocycles. The fraction of sp³-hybridized carbons (Fsp3) is 0.0909. The zero-order chi connectivity index (χ0) is 10.1. The molecular weight excluding hydrogens is 176 g/mol. The van der Waals surface area contributed by atoms with Gasteiger partial charge in [0.1, 0.15) is 6.73 Å². The van der Waals surface area contributed by atoms with Gasteiger partial charge >= 0.3 is 0 Å². The van der Waals surface area contributed by atoms with E-state index in [4.69, 9.17) is 5.11 Å². The summed E-state index contributed by atoms with van der Waals surface area (Å²) in [7, 11) is 0. The Morgan fingerprint density at radius 3 is 2.93 bits per heavy atom. The fourth-order valence-corrected chi connectivity index (χ4v) is 0.851. The van der Waals surface area contributed by atoms with Crippen LogP contribution < -0.4 is 0 Å². The van der Waals surface area contributed by atoms with E-state index in [9.17, 15) is 0 Å². The Morgan fingerprint density at radius 2 is 2.21 bits per heavy atom. The number of hydrogen-bond acceptors (Lipinski definition) is 3. The smallest absolute Gasteiger partial charge is 0.134 e. The number of nitrogens with zero attached hydrogens (tertiary/aromatic N) is 2. The highest BCUT2D eigenvalue weighted by Crippen LogP contribution is 1.95.